The highest BCUT2D eigenvalue weighted by Crippen LogP contribution is 2.40. The maximum Gasteiger partial charge on any atom is 0.256 e. The zero-order valence-corrected chi connectivity index (χ0v) is 19.1. The molecule has 5 rings (SSSR count). The van der Waals surface area contributed by atoms with Crippen molar-refractivity contribution in [3.05, 3.63) is 46.9 Å². The van der Waals surface area contributed by atoms with Gasteiger partial charge < -0.3 is 18.9 Å². The number of fused-ring (bicyclic) bond motifs is 3. The Morgan fingerprint density at radius 3 is 2.72 bits per heavy atom. The Morgan fingerprint density at radius 1 is 1.03 bits per heavy atom. The van der Waals surface area contributed by atoms with Gasteiger partial charge in [0.1, 0.15) is 22.8 Å². The zero-order chi connectivity index (χ0) is 22.2. The molecule has 1 unspecified atom stereocenters. The summed E-state index contributed by atoms with van der Waals surface area (Å²) in [5, 5.41) is 0. The van der Waals surface area contributed by atoms with Crippen LogP contribution in [0.2, 0.25) is 0 Å². The van der Waals surface area contributed by atoms with E-state index in [1.54, 1.807) is 14.2 Å². The summed E-state index contributed by atoms with van der Waals surface area (Å²) in [6.07, 6.45) is 6.28. The highest BCUT2D eigenvalue weighted by atomic mass is 16.5. The van der Waals surface area contributed by atoms with E-state index in [0.29, 0.717) is 5.56 Å². The van der Waals surface area contributed by atoms with Crippen molar-refractivity contribution in [1.29, 1.82) is 0 Å². The smallest absolute Gasteiger partial charge is 0.256 e. The van der Waals surface area contributed by atoms with Crippen molar-refractivity contribution in [1.82, 2.24) is 19.4 Å². The quantitative estimate of drug-likeness (QED) is 0.606. The summed E-state index contributed by atoms with van der Waals surface area (Å²) in [7, 11) is 3.30. The van der Waals surface area contributed by atoms with Crippen LogP contribution in [0.4, 0.5) is 0 Å². The standard InChI is InChI=1S/C25H30N4O3/c1-16-14-19(23-24(26-16)29-12-6-4-5-9-22(29)27-23)25(30)28-13-7-8-20(28)18-11-10-17(31-2)15-21(18)32-3/h10-11,14-15,20H,4-9,12-13H2,1-3H3. The van der Waals surface area contributed by atoms with Gasteiger partial charge in [0.15, 0.2) is 5.65 Å². The third-order valence-electron chi connectivity index (χ3n) is 6.74. The van der Waals surface area contributed by atoms with E-state index in [2.05, 4.69) is 4.57 Å². The summed E-state index contributed by atoms with van der Waals surface area (Å²) in [6, 6.07) is 7.70. The fraction of sp³-hybridized carbons (Fsp3) is 0.480. The van der Waals surface area contributed by atoms with Crippen LogP contribution in [0.25, 0.3) is 11.2 Å². The van der Waals surface area contributed by atoms with Crippen LogP contribution < -0.4 is 9.47 Å². The molecular weight excluding hydrogens is 404 g/mol. The van der Waals surface area contributed by atoms with Gasteiger partial charge in [0, 0.05) is 36.8 Å². The lowest BCUT2D eigenvalue weighted by Crippen LogP contribution is -2.31. The Bertz CT molecular complexity index is 1170. The molecule has 4 heterocycles. The molecule has 1 amide bonds. The van der Waals surface area contributed by atoms with Crippen molar-refractivity contribution in [2.75, 3.05) is 20.8 Å². The second-order valence-corrected chi connectivity index (χ2v) is 8.74. The lowest BCUT2D eigenvalue weighted by atomic mass is 10.0. The van der Waals surface area contributed by atoms with Crippen LogP contribution in [-0.2, 0) is 13.0 Å². The summed E-state index contributed by atoms with van der Waals surface area (Å²) in [5.41, 5.74) is 4.12. The van der Waals surface area contributed by atoms with Crippen molar-refractivity contribution < 1.29 is 14.3 Å². The Morgan fingerprint density at radius 2 is 1.91 bits per heavy atom. The number of hydrogen-bond acceptors (Lipinski definition) is 5. The maximum absolute atomic E-state index is 13.9. The number of imidazole rings is 1. The van der Waals surface area contributed by atoms with Crippen molar-refractivity contribution in [3.63, 3.8) is 0 Å². The maximum atomic E-state index is 13.9. The van der Waals surface area contributed by atoms with Crippen LogP contribution in [0, 0.1) is 6.92 Å². The van der Waals surface area contributed by atoms with Gasteiger partial charge in [0.25, 0.3) is 5.91 Å². The number of carbonyl (C=O) groups is 1. The first-order chi connectivity index (χ1) is 15.6. The molecule has 32 heavy (non-hydrogen) atoms. The molecule has 7 heteroatoms. The average Bonchev–Trinajstić information content (AvgIpc) is 3.35. The number of rotatable bonds is 4. The van der Waals surface area contributed by atoms with E-state index in [1.807, 2.05) is 36.1 Å². The number of aryl methyl sites for hydroxylation is 3. The zero-order valence-electron chi connectivity index (χ0n) is 19.1. The molecule has 0 spiro atoms. The van der Waals surface area contributed by atoms with Crippen molar-refractivity contribution in [3.8, 4) is 11.5 Å². The normalized spacial score (nSPS) is 18.5. The molecule has 0 saturated carbocycles. The van der Waals surface area contributed by atoms with Gasteiger partial charge >= 0.3 is 0 Å². The lowest BCUT2D eigenvalue weighted by Gasteiger charge is -2.27. The van der Waals surface area contributed by atoms with Crippen LogP contribution in [0.15, 0.2) is 24.3 Å². The molecule has 2 aromatic heterocycles. The van der Waals surface area contributed by atoms with Gasteiger partial charge in [-0.25, -0.2) is 9.97 Å². The van der Waals surface area contributed by atoms with Gasteiger partial charge in [-0.3, -0.25) is 4.79 Å². The number of ether oxygens (including phenoxy) is 2. The molecule has 0 bridgehead atoms. The van der Waals surface area contributed by atoms with Crippen molar-refractivity contribution in [2.24, 2.45) is 0 Å². The van der Waals surface area contributed by atoms with E-state index in [1.165, 1.54) is 6.42 Å². The Balaban J connectivity index is 1.55. The van der Waals surface area contributed by atoms with Crippen molar-refractivity contribution >= 4 is 17.1 Å². The molecule has 3 aromatic rings. The summed E-state index contributed by atoms with van der Waals surface area (Å²) >= 11 is 0. The van der Waals surface area contributed by atoms with Crippen LogP contribution in [0.1, 0.15) is 65.6 Å². The number of benzene rings is 1. The number of methoxy groups -OCH3 is 2. The summed E-state index contributed by atoms with van der Waals surface area (Å²) in [4.78, 5) is 25.6. The molecule has 7 nitrogen and oxygen atoms in total. The Hall–Kier alpha value is -3.09. The fourth-order valence-corrected chi connectivity index (χ4v) is 5.16. The highest BCUT2D eigenvalue weighted by Gasteiger charge is 2.34. The molecule has 2 aliphatic rings. The topological polar surface area (TPSA) is 69.5 Å². The second kappa shape index (κ2) is 8.45. The second-order valence-electron chi connectivity index (χ2n) is 8.74. The number of nitrogens with zero attached hydrogens (tertiary/aromatic N) is 4. The minimum atomic E-state index is -0.0349. The number of carbonyl (C=O) groups excluding carboxylic acids is 1. The molecule has 1 aromatic carbocycles. The Labute approximate surface area is 188 Å². The number of likely N-dealkylation sites (tertiary alicyclic amines) is 1. The molecule has 0 N–H and O–H groups in total. The Kier molecular flexibility index (Phi) is 5.49. The first kappa shape index (κ1) is 20.8. The van der Waals surface area contributed by atoms with Crippen LogP contribution >= 0.6 is 0 Å². The predicted octanol–water partition coefficient (Wildman–Crippen LogP) is 4.46. The summed E-state index contributed by atoms with van der Waals surface area (Å²) in [5.74, 6) is 2.57. The van der Waals surface area contributed by atoms with E-state index in [4.69, 9.17) is 19.4 Å². The van der Waals surface area contributed by atoms with E-state index >= 15 is 0 Å². The van der Waals surface area contributed by atoms with Gasteiger partial charge in [0.2, 0.25) is 0 Å². The van der Waals surface area contributed by atoms with Crippen LogP contribution in [0.5, 0.6) is 11.5 Å². The third-order valence-corrected chi connectivity index (χ3v) is 6.74. The first-order valence-electron chi connectivity index (χ1n) is 11.5. The first-order valence-corrected chi connectivity index (χ1v) is 11.5. The van der Waals surface area contributed by atoms with Gasteiger partial charge in [-0.15, -0.1) is 0 Å². The predicted molar refractivity (Wildman–Crippen MR) is 122 cm³/mol. The molecule has 0 radical (unpaired) electrons. The van der Waals surface area contributed by atoms with Crippen LogP contribution in [-0.4, -0.2) is 46.1 Å². The molecule has 168 valence electrons. The summed E-state index contributed by atoms with van der Waals surface area (Å²) in [6.45, 7) is 3.60. The van der Waals surface area contributed by atoms with Gasteiger partial charge in [-0.2, -0.15) is 0 Å². The molecule has 2 aliphatic heterocycles. The average molecular weight is 435 g/mol. The van der Waals surface area contributed by atoms with E-state index in [9.17, 15) is 4.79 Å². The molecule has 1 fully saturated rings. The minimum Gasteiger partial charge on any atom is -0.497 e. The molecule has 1 atom stereocenters. The number of pyridine rings is 1. The molecular formula is C25H30N4O3. The number of hydrogen-bond donors (Lipinski definition) is 0. The largest absolute Gasteiger partial charge is 0.497 e. The minimum absolute atomic E-state index is 0.0223. The van der Waals surface area contributed by atoms with E-state index < -0.39 is 0 Å². The van der Waals surface area contributed by atoms with E-state index in [0.717, 1.165) is 84.9 Å². The third kappa shape index (κ3) is 3.49. The SMILES string of the molecule is COc1ccc(C2CCCN2C(=O)c2cc(C)nc3c2nc2n3CCCCC2)c(OC)c1. The molecule has 1 saturated heterocycles. The van der Waals surface area contributed by atoms with Gasteiger partial charge in [-0.1, -0.05) is 6.42 Å². The highest BCUT2D eigenvalue weighted by molar-refractivity contribution is 6.04. The van der Waals surface area contributed by atoms with Gasteiger partial charge in [0.05, 0.1) is 25.8 Å². The monoisotopic (exact) mass is 434 g/mol. The molecule has 0 aliphatic carbocycles. The van der Waals surface area contributed by atoms with Crippen LogP contribution in [0.3, 0.4) is 0 Å². The fourth-order valence-electron chi connectivity index (χ4n) is 5.16. The number of amides is 1. The lowest BCUT2D eigenvalue weighted by molar-refractivity contribution is 0.0736. The van der Waals surface area contributed by atoms with Crippen molar-refractivity contribution in [2.45, 2.75) is 58.0 Å². The number of aromatic nitrogens is 3. The van der Waals surface area contributed by atoms with Gasteiger partial charge in [-0.05, 0) is 50.8 Å². The summed E-state index contributed by atoms with van der Waals surface area (Å²) < 4.78 is 13.2. The van der Waals surface area contributed by atoms with E-state index in [-0.39, 0.29) is 11.9 Å².